The van der Waals surface area contributed by atoms with Crippen molar-refractivity contribution in [3.63, 3.8) is 0 Å². The van der Waals surface area contributed by atoms with Crippen LogP contribution in [0.3, 0.4) is 0 Å². The molecule has 19 heavy (non-hydrogen) atoms. The van der Waals surface area contributed by atoms with Crippen LogP contribution < -0.4 is 5.32 Å². The Hall–Kier alpha value is -2.16. The van der Waals surface area contributed by atoms with E-state index in [4.69, 9.17) is 5.41 Å². The lowest BCUT2D eigenvalue weighted by Crippen LogP contribution is -1.95. The molecular formula is C16H21N3. The number of hydrogen-bond acceptors (Lipinski definition) is 3. The maximum atomic E-state index is 6.98. The van der Waals surface area contributed by atoms with Crippen LogP contribution in [0, 0.1) is 25.2 Å². The number of aliphatic imine (C=N–C) groups is 1. The van der Waals surface area contributed by atoms with E-state index in [1.165, 1.54) is 17.3 Å². The highest BCUT2D eigenvalue weighted by molar-refractivity contribution is 5.77. The van der Waals surface area contributed by atoms with Gasteiger partial charge in [0.2, 0.25) is 0 Å². The molecule has 0 aliphatic heterocycles. The Balaban J connectivity index is 3.03. The van der Waals surface area contributed by atoms with Crippen molar-refractivity contribution in [3.05, 3.63) is 48.1 Å². The lowest BCUT2D eigenvalue weighted by atomic mass is 10.1. The summed E-state index contributed by atoms with van der Waals surface area (Å²) in [6.07, 6.45) is 8.43. The van der Waals surface area contributed by atoms with Gasteiger partial charge in [0.25, 0.3) is 0 Å². The Bertz CT molecular complexity index is 513. The van der Waals surface area contributed by atoms with Crippen LogP contribution in [-0.4, -0.2) is 19.5 Å². The first-order valence-electron chi connectivity index (χ1n) is 6.25. The summed E-state index contributed by atoms with van der Waals surface area (Å²) in [7, 11) is 1.89. The van der Waals surface area contributed by atoms with E-state index in [1.54, 1.807) is 12.2 Å². The summed E-state index contributed by atoms with van der Waals surface area (Å²) in [6, 6.07) is 4.16. The molecule has 0 spiro atoms. The maximum absolute atomic E-state index is 6.98. The molecule has 1 aromatic carbocycles. The second-order valence-electron chi connectivity index (χ2n) is 4.35. The summed E-state index contributed by atoms with van der Waals surface area (Å²) in [4.78, 5) is 4.52. The van der Waals surface area contributed by atoms with Crippen molar-refractivity contribution in [3.8, 4) is 0 Å². The third kappa shape index (κ3) is 4.21. The quantitative estimate of drug-likeness (QED) is 0.584. The minimum absolute atomic E-state index is 0.0351. The van der Waals surface area contributed by atoms with Crippen LogP contribution in [0.4, 0.5) is 11.4 Å². The second-order valence-corrected chi connectivity index (χ2v) is 4.35. The van der Waals surface area contributed by atoms with Crippen molar-refractivity contribution >= 4 is 23.8 Å². The van der Waals surface area contributed by atoms with Crippen molar-refractivity contribution < 1.29 is 0 Å². The highest BCUT2D eigenvalue weighted by Crippen LogP contribution is 2.28. The van der Waals surface area contributed by atoms with Gasteiger partial charge < -0.3 is 10.7 Å². The molecule has 0 saturated carbocycles. The van der Waals surface area contributed by atoms with E-state index in [1.807, 2.05) is 19.3 Å². The van der Waals surface area contributed by atoms with Gasteiger partial charge in [0.15, 0.2) is 0 Å². The van der Waals surface area contributed by atoms with E-state index in [0.717, 1.165) is 11.4 Å². The number of aryl methyl sites for hydroxylation is 2. The van der Waals surface area contributed by atoms with Crippen LogP contribution in [0.15, 0.2) is 41.9 Å². The first-order valence-corrected chi connectivity index (χ1v) is 6.25. The van der Waals surface area contributed by atoms with Crippen molar-refractivity contribution in [2.75, 3.05) is 12.4 Å². The average molecular weight is 255 g/mol. The lowest BCUT2D eigenvalue weighted by Gasteiger charge is -2.09. The van der Waals surface area contributed by atoms with E-state index in [-0.39, 0.29) is 5.92 Å². The molecule has 0 aliphatic rings. The minimum Gasteiger partial charge on any atom is -0.386 e. The van der Waals surface area contributed by atoms with Crippen molar-refractivity contribution in [1.82, 2.24) is 0 Å². The molecule has 3 nitrogen and oxygen atoms in total. The van der Waals surface area contributed by atoms with Crippen LogP contribution in [0.5, 0.6) is 0 Å². The highest BCUT2D eigenvalue weighted by Gasteiger charge is 2.03. The summed E-state index contributed by atoms with van der Waals surface area (Å²) in [5.74, 6) is 0.0351. The van der Waals surface area contributed by atoms with Gasteiger partial charge in [-0.15, -0.1) is 6.58 Å². The van der Waals surface area contributed by atoms with Crippen molar-refractivity contribution in [2.24, 2.45) is 10.9 Å². The summed E-state index contributed by atoms with van der Waals surface area (Å²) >= 11 is 0. The van der Waals surface area contributed by atoms with E-state index in [9.17, 15) is 0 Å². The van der Waals surface area contributed by atoms with Gasteiger partial charge in [-0.25, -0.2) is 0 Å². The van der Waals surface area contributed by atoms with Crippen molar-refractivity contribution in [2.45, 2.75) is 13.8 Å². The monoisotopic (exact) mass is 255 g/mol. The molecule has 0 amide bonds. The molecule has 0 heterocycles. The maximum Gasteiger partial charge on any atom is 0.0860 e. The zero-order chi connectivity index (χ0) is 14.3. The summed E-state index contributed by atoms with van der Waals surface area (Å²) in [6.45, 7) is 7.93. The van der Waals surface area contributed by atoms with E-state index in [2.05, 4.69) is 42.9 Å². The third-order valence-corrected chi connectivity index (χ3v) is 2.97. The standard InChI is InChI=1S/C16H21N3/c1-5-14(7-6-8-17)11-19-16-10-13(3)12(2)9-15(16)18-4/h5-11,14,17-18H,1H2,2-4H3. The zero-order valence-corrected chi connectivity index (χ0v) is 11.8. The SMILES string of the molecule is C=CC(C=CC=N)C=Nc1cc(C)c(C)cc1NC. The van der Waals surface area contributed by atoms with Gasteiger partial charge in [0, 0.05) is 25.4 Å². The molecule has 1 rings (SSSR count). The fourth-order valence-corrected chi connectivity index (χ4v) is 1.65. The Kier molecular flexibility index (Phi) is 5.73. The largest absolute Gasteiger partial charge is 0.386 e. The zero-order valence-electron chi connectivity index (χ0n) is 11.8. The normalized spacial score (nSPS) is 12.8. The topological polar surface area (TPSA) is 48.2 Å². The molecule has 3 heteroatoms. The van der Waals surface area contributed by atoms with Crippen LogP contribution in [0.2, 0.25) is 0 Å². The molecule has 0 aromatic heterocycles. The number of anilines is 1. The fraction of sp³-hybridized carbons (Fsp3) is 0.250. The lowest BCUT2D eigenvalue weighted by molar-refractivity contribution is 1.17. The van der Waals surface area contributed by atoms with Gasteiger partial charge in [-0.2, -0.15) is 0 Å². The summed E-state index contributed by atoms with van der Waals surface area (Å²) < 4.78 is 0. The third-order valence-electron chi connectivity index (χ3n) is 2.97. The molecule has 1 unspecified atom stereocenters. The number of allylic oxidation sites excluding steroid dienone is 3. The van der Waals surface area contributed by atoms with Crippen LogP contribution in [0.25, 0.3) is 0 Å². The Morgan fingerprint density at radius 1 is 1.32 bits per heavy atom. The van der Waals surface area contributed by atoms with Crippen LogP contribution in [-0.2, 0) is 0 Å². The number of benzene rings is 1. The van der Waals surface area contributed by atoms with Crippen LogP contribution in [0.1, 0.15) is 11.1 Å². The molecule has 100 valence electrons. The predicted octanol–water partition coefficient (Wildman–Crippen LogP) is 4.06. The van der Waals surface area contributed by atoms with E-state index < -0.39 is 0 Å². The summed E-state index contributed by atoms with van der Waals surface area (Å²) in [5.41, 5.74) is 4.39. The first-order chi connectivity index (χ1) is 9.12. The predicted molar refractivity (Wildman–Crippen MR) is 85.2 cm³/mol. The molecule has 0 bridgehead atoms. The fourth-order valence-electron chi connectivity index (χ4n) is 1.65. The molecular weight excluding hydrogens is 234 g/mol. The molecule has 1 aromatic rings. The Morgan fingerprint density at radius 2 is 2.00 bits per heavy atom. The smallest absolute Gasteiger partial charge is 0.0860 e. The second kappa shape index (κ2) is 7.31. The van der Waals surface area contributed by atoms with Gasteiger partial charge >= 0.3 is 0 Å². The first kappa shape index (κ1) is 14.9. The molecule has 0 aliphatic carbocycles. The average Bonchev–Trinajstić information content (AvgIpc) is 2.42. The number of nitrogens with zero attached hydrogens (tertiary/aromatic N) is 1. The summed E-state index contributed by atoms with van der Waals surface area (Å²) in [5, 5.41) is 10.1. The number of nitrogens with one attached hydrogen (secondary N) is 2. The van der Waals surface area contributed by atoms with Gasteiger partial charge in [-0.05, 0) is 43.2 Å². The molecule has 0 saturated heterocycles. The van der Waals surface area contributed by atoms with Gasteiger partial charge in [-0.3, -0.25) is 4.99 Å². The molecule has 1 atom stereocenters. The van der Waals surface area contributed by atoms with Gasteiger partial charge in [0.1, 0.15) is 0 Å². The van der Waals surface area contributed by atoms with Gasteiger partial charge in [-0.1, -0.05) is 12.2 Å². The number of rotatable bonds is 6. The number of hydrogen-bond donors (Lipinski definition) is 2. The molecule has 2 N–H and O–H groups in total. The van der Waals surface area contributed by atoms with E-state index >= 15 is 0 Å². The van der Waals surface area contributed by atoms with E-state index in [0.29, 0.717) is 0 Å². The van der Waals surface area contributed by atoms with Gasteiger partial charge in [0.05, 0.1) is 11.4 Å². The minimum atomic E-state index is 0.0351. The Labute approximate surface area is 115 Å². The van der Waals surface area contributed by atoms with Crippen LogP contribution >= 0.6 is 0 Å². The highest BCUT2D eigenvalue weighted by atomic mass is 14.9. The van der Waals surface area contributed by atoms with Crippen molar-refractivity contribution in [1.29, 1.82) is 5.41 Å². The molecule has 0 fully saturated rings. The molecule has 0 radical (unpaired) electrons. The Morgan fingerprint density at radius 3 is 2.58 bits per heavy atom.